The standard InChI is InChI=1S/C8H3ClN2S/c9-8-5(3-10)1-2-7-6(8)4-11-12-7/h1-2,4H. The molecule has 58 valence electrons. The van der Waals surface area contributed by atoms with Gasteiger partial charge >= 0.3 is 0 Å². The van der Waals surface area contributed by atoms with E-state index >= 15 is 0 Å². The van der Waals surface area contributed by atoms with Crippen LogP contribution in [0.2, 0.25) is 5.02 Å². The lowest BCUT2D eigenvalue weighted by atomic mass is 10.2. The third-order valence-electron chi connectivity index (χ3n) is 1.59. The van der Waals surface area contributed by atoms with Crippen molar-refractivity contribution in [1.82, 2.24) is 4.37 Å². The van der Waals surface area contributed by atoms with Gasteiger partial charge in [0.2, 0.25) is 0 Å². The molecule has 1 heterocycles. The largest absolute Gasteiger partial charge is 0.200 e. The van der Waals surface area contributed by atoms with Crippen molar-refractivity contribution in [3.05, 3.63) is 28.9 Å². The van der Waals surface area contributed by atoms with Crippen LogP contribution in [0.4, 0.5) is 0 Å². The van der Waals surface area contributed by atoms with E-state index in [2.05, 4.69) is 4.37 Å². The highest BCUT2D eigenvalue weighted by atomic mass is 35.5. The second-order valence-corrected chi connectivity index (χ2v) is 3.49. The monoisotopic (exact) mass is 194 g/mol. The lowest BCUT2D eigenvalue weighted by Gasteiger charge is -1.93. The summed E-state index contributed by atoms with van der Waals surface area (Å²) in [4.78, 5) is 0. The van der Waals surface area contributed by atoms with Gasteiger partial charge in [-0.25, -0.2) is 0 Å². The fourth-order valence-corrected chi connectivity index (χ4v) is 1.96. The molecule has 2 aromatic rings. The van der Waals surface area contributed by atoms with Gasteiger partial charge in [-0.1, -0.05) is 11.6 Å². The van der Waals surface area contributed by atoms with Crippen molar-refractivity contribution in [1.29, 1.82) is 5.26 Å². The maximum absolute atomic E-state index is 8.66. The minimum atomic E-state index is 0.503. The molecule has 0 spiro atoms. The summed E-state index contributed by atoms with van der Waals surface area (Å²) in [6.45, 7) is 0. The molecule has 12 heavy (non-hydrogen) atoms. The molecule has 0 aliphatic heterocycles. The summed E-state index contributed by atoms with van der Waals surface area (Å²) in [6, 6.07) is 5.59. The van der Waals surface area contributed by atoms with Gasteiger partial charge in [-0.15, -0.1) is 0 Å². The number of aromatic nitrogens is 1. The Morgan fingerprint density at radius 1 is 1.50 bits per heavy atom. The summed E-state index contributed by atoms with van der Waals surface area (Å²) in [5.74, 6) is 0. The average molecular weight is 195 g/mol. The molecule has 0 aliphatic rings. The molecule has 2 rings (SSSR count). The lowest BCUT2D eigenvalue weighted by molar-refractivity contribution is 1.50. The Hall–Kier alpha value is -1.11. The van der Waals surface area contributed by atoms with E-state index in [-0.39, 0.29) is 0 Å². The van der Waals surface area contributed by atoms with E-state index in [0.29, 0.717) is 10.6 Å². The SMILES string of the molecule is N#Cc1ccc2sncc2c1Cl. The number of hydrogen-bond acceptors (Lipinski definition) is 3. The van der Waals surface area contributed by atoms with Crippen LogP contribution in [-0.4, -0.2) is 4.37 Å². The molecule has 0 amide bonds. The zero-order chi connectivity index (χ0) is 8.55. The summed E-state index contributed by atoms with van der Waals surface area (Å²) < 4.78 is 5.00. The number of benzene rings is 1. The quantitative estimate of drug-likeness (QED) is 0.647. The minimum absolute atomic E-state index is 0.503. The van der Waals surface area contributed by atoms with Gasteiger partial charge in [0.1, 0.15) is 6.07 Å². The number of nitriles is 1. The van der Waals surface area contributed by atoms with Gasteiger partial charge in [-0.3, -0.25) is 0 Å². The molecule has 0 atom stereocenters. The molecule has 0 N–H and O–H groups in total. The highest BCUT2D eigenvalue weighted by Crippen LogP contribution is 2.28. The molecule has 0 saturated carbocycles. The van der Waals surface area contributed by atoms with Gasteiger partial charge in [0.25, 0.3) is 0 Å². The molecule has 0 fully saturated rings. The Morgan fingerprint density at radius 3 is 3.08 bits per heavy atom. The topological polar surface area (TPSA) is 36.7 Å². The second kappa shape index (κ2) is 2.74. The van der Waals surface area contributed by atoms with Crippen molar-refractivity contribution in [2.75, 3.05) is 0 Å². The lowest BCUT2D eigenvalue weighted by Crippen LogP contribution is -1.75. The van der Waals surface area contributed by atoms with Crippen molar-refractivity contribution < 1.29 is 0 Å². The zero-order valence-electron chi connectivity index (χ0n) is 5.91. The predicted molar refractivity (Wildman–Crippen MR) is 49.3 cm³/mol. The summed E-state index contributed by atoms with van der Waals surface area (Å²) in [6.07, 6.45) is 1.68. The van der Waals surface area contributed by atoms with Gasteiger partial charge in [-0.05, 0) is 23.7 Å². The maximum atomic E-state index is 8.66. The number of rotatable bonds is 0. The van der Waals surface area contributed by atoms with Crippen molar-refractivity contribution in [2.45, 2.75) is 0 Å². The van der Waals surface area contributed by atoms with Crippen LogP contribution >= 0.6 is 23.1 Å². The molecule has 0 bridgehead atoms. The van der Waals surface area contributed by atoms with Crippen molar-refractivity contribution >= 4 is 33.2 Å². The maximum Gasteiger partial charge on any atom is 0.101 e. The van der Waals surface area contributed by atoms with Crippen LogP contribution < -0.4 is 0 Å². The van der Waals surface area contributed by atoms with Crippen LogP contribution in [0.3, 0.4) is 0 Å². The third kappa shape index (κ3) is 0.970. The minimum Gasteiger partial charge on any atom is -0.200 e. The van der Waals surface area contributed by atoms with Crippen LogP contribution in [0.5, 0.6) is 0 Å². The van der Waals surface area contributed by atoms with Crippen LogP contribution in [-0.2, 0) is 0 Å². The third-order valence-corrected chi connectivity index (χ3v) is 2.76. The predicted octanol–water partition coefficient (Wildman–Crippen LogP) is 2.82. The van der Waals surface area contributed by atoms with Gasteiger partial charge < -0.3 is 0 Å². The van der Waals surface area contributed by atoms with Gasteiger partial charge in [0.15, 0.2) is 0 Å². The van der Waals surface area contributed by atoms with E-state index in [1.807, 2.05) is 12.1 Å². The summed E-state index contributed by atoms with van der Waals surface area (Å²) in [5, 5.41) is 10.0. The van der Waals surface area contributed by atoms with E-state index < -0.39 is 0 Å². The molecule has 4 heteroatoms. The first-order chi connectivity index (χ1) is 5.83. The van der Waals surface area contributed by atoms with E-state index in [1.165, 1.54) is 11.5 Å². The van der Waals surface area contributed by atoms with Crippen LogP contribution in [0.25, 0.3) is 10.1 Å². The van der Waals surface area contributed by atoms with E-state index in [1.54, 1.807) is 12.3 Å². The molecule has 2 nitrogen and oxygen atoms in total. The highest BCUT2D eigenvalue weighted by molar-refractivity contribution is 7.13. The van der Waals surface area contributed by atoms with Crippen molar-refractivity contribution in [3.63, 3.8) is 0 Å². The number of halogens is 1. The molecular weight excluding hydrogens is 192 g/mol. The summed E-state index contributed by atoms with van der Waals surface area (Å²) in [5.41, 5.74) is 0.504. The highest BCUT2D eigenvalue weighted by Gasteiger charge is 2.05. The molecular formula is C8H3ClN2S. The Kier molecular flexibility index (Phi) is 1.72. The smallest absolute Gasteiger partial charge is 0.101 e. The van der Waals surface area contributed by atoms with Crippen LogP contribution in [0, 0.1) is 11.3 Å². The average Bonchev–Trinajstić information content (AvgIpc) is 2.53. The Balaban J connectivity index is 2.89. The first-order valence-corrected chi connectivity index (χ1v) is 4.41. The number of hydrogen-bond donors (Lipinski definition) is 0. The van der Waals surface area contributed by atoms with Crippen LogP contribution in [0.1, 0.15) is 5.56 Å². The van der Waals surface area contributed by atoms with E-state index in [4.69, 9.17) is 16.9 Å². The molecule has 0 radical (unpaired) electrons. The van der Waals surface area contributed by atoms with Gasteiger partial charge in [-0.2, -0.15) is 9.64 Å². The van der Waals surface area contributed by atoms with Gasteiger partial charge in [0, 0.05) is 5.39 Å². The van der Waals surface area contributed by atoms with Crippen molar-refractivity contribution in [3.8, 4) is 6.07 Å². The first-order valence-electron chi connectivity index (χ1n) is 3.26. The number of nitrogens with zero attached hydrogens (tertiary/aromatic N) is 2. The fraction of sp³-hybridized carbons (Fsp3) is 0. The summed E-state index contributed by atoms with van der Waals surface area (Å²) in [7, 11) is 0. The molecule has 1 aromatic heterocycles. The number of fused-ring (bicyclic) bond motifs is 1. The molecule has 1 aromatic carbocycles. The Bertz CT molecular complexity index is 469. The fourth-order valence-electron chi connectivity index (χ4n) is 0.997. The van der Waals surface area contributed by atoms with Crippen molar-refractivity contribution in [2.24, 2.45) is 0 Å². The van der Waals surface area contributed by atoms with Crippen LogP contribution in [0.15, 0.2) is 18.3 Å². The Morgan fingerprint density at radius 2 is 2.33 bits per heavy atom. The summed E-state index contributed by atoms with van der Waals surface area (Å²) >= 11 is 7.30. The van der Waals surface area contributed by atoms with Gasteiger partial charge in [0.05, 0.1) is 21.5 Å². The normalized spacial score (nSPS) is 10.0. The molecule has 0 saturated heterocycles. The second-order valence-electron chi connectivity index (χ2n) is 2.28. The van der Waals surface area contributed by atoms with E-state index in [0.717, 1.165) is 10.1 Å². The molecule has 0 unspecified atom stereocenters. The Labute approximate surface area is 78.2 Å². The molecule has 0 aliphatic carbocycles. The first kappa shape index (κ1) is 7.53. The van der Waals surface area contributed by atoms with E-state index in [9.17, 15) is 0 Å². The zero-order valence-corrected chi connectivity index (χ0v) is 7.49.